The lowest BCUT2D eigenvalue weighted by Gasteiger charge is -2.22. The maximum Gasteiger partial charge on any atom is 0.308 e. The van der Waals surface area contributed by atoms with Crippen LogP contribution in [0, 0.1) is 11.8 Å². The fraction of sp³-hybridized carbons (Fsp3) is 0.955. The van der Waals surface area contributed by atoms with Crippen LogP contribution < -0.4 is 0 Å². The zero-order chi connectivity index (χ0) is 36.8. The second-order valence-electron chi connectivity index (χ2n) is 15.2. The molecule has 0 heterocycles. The van der Waals surface area contributed by atoms with Gasteiger partial charge in [-0.05, 0) is 83.8 Å². The van der Waals surface area contributed by atoms with Crippen LogP contribution in [0.1, 0.15) is 220 Å². The Bertz CT molecular complexity index is 717. The molecule has 1 N–H and O–H groups in total. The third-order valence-electron chi connectivity index (χ3n) is 10.4. The Kier molecular flexibility index (Phi) is 38.2. The van der Waals surface area contributed by atoms with E-state index in [1.807, 2.05) is 0 Å². The summed E-state index contributed by atoms with van der Waals surface area (Å²) in [5.74, 6) is 0.307. The molecule has 0 aromatic rings. The molecular formula is C44H87NO5. The van der Waals surface area contributed by atoms with Gasteiger partial charge in [0.2, 0.25) is 0 Å². The van der Waals surface area contributed by atoms with Crippen molar-refractivity contribution >= 4 is 11.9 Å². The van der Waals surface area contributed by atoms with Gasteiger partial charge in [0.15, 0.2) is 0 Å². The molecule has 0 aromatic carbocycles. The summed E-state index contributed by atoms with van der Waals surface area (Å²) >= 11 is 0. The van der Waals surface area contributed by atoms with Gasteiger partial charge in [0, 0.05) is 6.61 Å². The second-order valence-corrected chi connectivity index (χ2v) is 15.2. The number of nitrogens with zero attached hydrogens (tertiary/aromatic N) is 1. The molecule has 0 saturated carbocycles. The van der Waals surface area contributed by atoms with Gasteiger partial charge >= 0.3 is 11.9 Å². The summed E-state index contributed by atoms with van der Waals surface area (Å²) in [5, 5.41) is 9.26. The summed E-state index contributed by atoms with van der Waals surface area (Å²) in [7, 11) is 0. The summed E-state index contributed by atoms with van der Waals surface area (Å²) in [5.41, 5.74) is 0. The van der Waals surface area contributed by atoms with Crippen LogP contribution >= 0.6 is 0 Å². The second kappa shape index (κ2) is 39.1. The Morgan fingerprint density at radius 2 is 0.740 bits per heavy atom. The molecule has 6 heteroatoms. The number of ether oxygens (including phenoxy) is 2. The minimum Gasteiger partial charge on any atom is -0.465 e. The highest BCUT2D eigenvalue weighted by Gasteiger charge is 2.20. The number of hydrogen-bond donors (Lipinski definition) is 1. The molecule has 0 aromatic heterocycles. The lowest BCUT2D eigenvalue weighted by Crippen LogP contribution is -2.27. The van der Waals surface area contributed by atoms with Gasteiger partial charge < -0.3 is 19.5 Å². The summed E-state index contributed by atoms with van der Waals surface area (Å²) in [6.07, 6.45) is 34.4. The monoisotopic (exact) mass is 710 g/mol. The summed E-state index contributed by atoms with van der Waals surface area (Å²) in [4.78, 5) is 27.9. The number of esters is 2. The molecule has 2 atom stereocenters. The maximum absolute atomic E-state index is 12.7. The third-order valence-corrected chi connectivity index (χ3v) is 10.4. The molecule has 0 aliphatic carbocycles. The zero-order valence-electron chi connectivity index (χ0n) is 34.1. The average Bonchev–Trinajstić information content (AvgIpc) is 3.12. The number of carbonyl (C=O) groups excluding carboxylic acids is 2. The van der Waals surface area contributed by atoms with Crippen LogP contribution in [0.2, 0.25) is 0 Å². The normalized spacial score (nSPS) is 12.8. The van der Waals surface area contributed by atoms with Crippen molar-refractivity contribution in [2.24, 2.45) is 11.8 Å². The van der Waals surface area contributed by atoms with Crippen LogP contribution in [0.4, 0.5) is 0 Å². The molecule has 2 unspecified atom stereocenters. The molecule has 0 aliphatic rings. The van der Waals surface area contributed by atoms with Gasteiger partial charge in [0.05, 0.1) is 25.0 Å². The Hall–Kier alpha value is -1.14. The standard InChI is InChI=1S/C44H87NO5/c1-5-9-13-23-33-41(31-11-7-3)43(47)49-39-29-21-17-15-16-19-25-35-45(37-27-28-38-46)36-26-20-18-22-30-40-50-44(48)42(32-12-8-4)34-24-14-10-6-2/h41-42,46H,5-40H2,1-4H3. The van der Waals surface area contributed by atoms with Gasteiger partial charge in [-0.3, -0.25) is 9.59 Å². The molecule has 0 aliphatic heterocycles. The maximum atomic E-state index is 12.7. The lowest BCUT2D eigenvalue weighted by atomic mass is 9.95. The van der Waals surface area contributed by atoms with Crippen molar-refractivity contribution in [3.05, 3.63) is 0 Å². The highest BCUT2D eigenvalue weighted by molar-refractivity contribution is 5.72. The predicted molar refractivity (Wildman–Crippen MR) is 214 cm³/mol. The van der Waals surface area contributed by atoms with Gasteiger partial charge in [0.1, 0.15) is 0 Å². The smallest absolute Gasteiger partial charge is 0.308 e. The molecular weight excluding hydrogens is 622 g/mol. The topological polar surface area (TPSA) is 76.1 Å². The van der Waals surface area contributed by atoms with Gasteiger partial charge in [-0.25, -0.2) is 0 Å². The highest BCUT2D eigenvalue weighted by atomic mass is 16.5. The van der Waals surface area contributed by atoms with Crippen LogP contribution in [0.15, 0.2) is 0 Å². The van der Waals surface area contributed by atoms with Crippen molar-refractivity contribution in [1.29, 1.82) is 0 Å². The van der Waals surface area contributed by atoms with E-state index in [2.05, 4.69) is 32.6 Å². The van der Waals surface area contributed by atoms with E-state index in [0.717, 1.165) is 122 Å². The van der Waals surface area contributed by atoms with E-state index in [4.69, 9.17) is 9.47 Å². The van der Waals surface area contributed by atoms with Crippen molar-refractivity contribution in [3.63, 3.8) is 0 Å². The van der Waals surface area contributed by atoms with E-state index in [1.165, 1.54) is 89.9 Å². The number of aliphatic hydroxyl groups excluding tert-OH is 1. The number of hydrogen-bond acceptors (Lipinski definition) is 6. The minimum absolute atomic E-state index is 0.0469. The first-order chi connectivity index (χ1) is 24.5. The fourth-order valence-electron chi connectivity index (χ4n) is 6.95. The zero-order valence-corrected chi connectivity index (χ0v) is 34.1. The van der Waals surface area contributed by atoms with Crippen molar-refractivity contribution in [2.75, 3.05) is 39.5 Å². The summed E-state index contributed by atoms with van der Waals surface area (Å²) in [6, 6.07) is 0. The van der Waals surface area contributed by atoms with Crippen molar-refractivity contribution in [3.8, 4) is 0 Å². The molecule has 0 rings (SSSR count). The minimum atomic E-state index is 0.0469. The summed E-state index contributed by atoms with van der Waals surface area (Å²) < 4.78 is 11.4. The molecule has 0 bridgehead atoms. The largest absolute Gasteiger partial charge is 0.465 e. The molecule has 50 heavy (non-hydrogen) atoms. The molecule has 0 spiro atoms. The van der Waals surface area contributed by atoms with Crippen LogP contribution in [-0.4, -0.2) is 61.4 Å². The number of rotatable bonds is 40. The van der Waals surface area contributed by atoms with E-state index in [1.54, 1.807) is 0 Å². The average molecular weight is 710 g/mol. The van der Waals surface area contributed by atoms with Gasteiger partial charge in [-0.1, -0.05) is 156 Å². The van der Waals surface area contributed by atoms with Gasteiger partial charge in [0.25, 0.3) is 0 Å². The first-order valence-corrected chi connectivity index (χ1v) is 22.2. The van der Waals surface area contributed by atoms with Gasteiger partial charge in [-0.2, -0.15) is 0 Å². The van der Waals surface area contributed by atoms with E-state index in [0.29, 0.717) is 13.2 Å². The van der Waals surface area contributed by atoms with E-state index < -0.39 is 0 Å². The molecule has 0 radical (unpaired) electrons. The lowest BCUT2D eigenvalue weighted by molar-refractivity contribution is -0.150. The summed E-state index contributed by atoms with van der Waals surface area (Å²) in [6.45, 7) is 13.7. The molecule has 298 valence electrons. The van der Waals surface area contributed by atoms with Crippen LogP contribution in [0.5, 0.6) is 0 Å². The van der Waals surface area contributed by atoms with Gasteiger partial charge in [-0.15, -0.1) is 0 Å². The Morgan fingerprint density at radius 1 is 0.420 bits per heavy atom. The number of carbonyl (C=O) groups is 2. The van der Waals surface area contributed by atoms with Crippen molar-refractivity contribution in [1.82, 2.24) is 4.90 Å². The van der Waals surface area contributed by atoms with E-state index in [9.17, 15) is 14.7 Å². The van der Waals surface area contributed by atoms with Crippen molar-refractivity contribution < 1.29 is 24.2 Å². The quantitative estimate of drug-likeness (QED) is 0.0504. The Balaban J connectivity index is 4.05. The molecule has 0 fully saturated rings. The molecule has 6 nitrogen and oxygen atoms in total. The highest BCUT2D eigenvalue weighted by Crippen LogP contribution is 2.21. The van der Waals surface area contributed by atoms with Crippen molar-refractivity contribution in [2.45, 2.75) is 220 Å². The Morgan fingerprint density at radius 3 is 1.12 bits per heavy atom. The SMILES string of the molecule is CCCCCCC(CCCC)C(=O)OCCCCCCCCCN(CCCCO)CCCCCCCOC(=O)C(CCCC)CCCCCC. The van der Waals surface area contributed by atoms with Crippen LogP contribution in [0.3, 0.4) is 0 Å². The number of unbranched alkanes of at least 4 members (excludes halogenated alkanes) is 19. The van der Waals surface area contributed by atoms with Crippen LogP contribution in [-0.2, 0) is 19.1 Å². The van der Waals surface area contributed by atoms with E-state index in [-0.39, 0.29) is 30.4 Å². The first kappa shape index (κ1) is 48.9. The predicted octanol–water partition coefficient (Wildman–Crippen LogP) is 12.4. The van der Waals surface area contributed by atoms with E-state index >= 15 is 0 Å². The third kappa shape index (κ3) is 31.6. The Labute approximate surface area is 312 Å². The molecule has 0 amide bonds. The van der Waals surface area contributed by atoms with Crippen LogP contribution in [0.25, 0.3) is 0 Å². The first-order valence-electron chi connectivity index (χ1n) is 22.2. The molecule has 0 saturated heterocycles. The fourth-order valence-corrected chi connectivity index (χ4v) is 6.95. The number of aliphatic hydroxyl groups is 1.